The number of Topliss-reactive ketones (excluding diaryl/α,β-unsaturated/α-hetero) is 1. The van der Waals surface area contributed by atoms with Gasteiger partial charge in [-0.15, -0.1) is 0 Å². The van der Waals surface area contributed by atoms with Gasteiger partial charge in [-0.05, 0) is 24.6 Å². The van der Waals surface area contributed by atoms with Gasteiger partial charge in [0.25, 0.3) is 0 Å². The van der Waals surface area contributed by atoms with Crippen molar-refractivity contribution in [3.05, 3.63) is 35.4 Å². The van der Waals surface area contributed by atoms with Gasteiger partial charge in [-0.3, -0.25) is 9.59 Å². The Morgan fingerprint density at radius 2 is 2.05 bits per heavy atom. The summed E-state index contributed by atoms with van der Waals surface area (Å²) in [5.74, 6) is -1.55. The molecular weight excluding hydrogens is 261 g/mol. The van der Waals surface area contributed by atoms with Crippen LogP contribution in [0.2, 0.25) is 0 Å². The number of carbonyl (C=O) groups is 2. The molecule has 1 aromatic carbocycles. The molecule has 1 saturated heterocycles. The zero-order chi connectivity index (χ0) is 14.2. The molecule has 0 unspecified atom stereocenters. The number of ketones is 1. The molecule has 3 nitrogen and oxygen atoms in total. The van der Waals surface area contributed by atoms with Crippen LogP contribution >= 0.6 is 0 Å². The highest BCUT2D eigenvalue weighted by Gasteiger charge is 2.40. The number of alkyl halides is 3. The third-order valence-electron chi connectivity index (χ3n) is 3.08. The Labute approximate surface area is 107 Å². The van der Waals surface area contributed by atoms with Crippen LogP contribution in [-0.2, 0) is 20.5 Å². The molecule has 2 rings (SSSR count). The number of hydrogen-bond acceptors (Lipinski definition) is 3. The van der Waals surface area contributed by atoms with E-state index < -0.39 is 29.7 Å². The number of rotatable bonds is 2. The largest absolute Gasteiger partial charge is 0.457 e. The second-order valence-electron chi connectivity index (χ2n) is 4.45. The lowest BCUT2D eigenvalue weighted by atomic mass is 9.91. The van der Waals surface area contributed by atoms with Crippen LogP contribution in [0, 0.1) is 5.92 Å². The highest BCUT2D eigenvalue weighted by molar-refractivity contribution is 5.86. The van der Waals surface area contributed by atoms with Gasteiger partial charge in [-0.25, -0.2) is 0 Å². The van der Waals surface area contributed by atoms with Crippen molar-refractivity contribution in [2.24, 2.45) is 5.92 Å². The van der Waals surface area contributed by atoms with Crippen LogP contribution in [0.15, 0.2) is 24.3 Å². The summed E-state index contributed by atoms with van der Waals surface area (Å²) >= 11 is 0. The van der Waals surface area contributed by atoms with Crippen molar-refractivity contribution in [3.63, 3.8) is 0 Å². The minimum absolute atomic E-state index is 0.0871. The Morgan fingerprint density at radius 3 is 2.63 bits per heavy atom. The van der Waals surface area contributed by atoms with E-state index in [2.05, 4.69) is 0 Å². The molecule has 1 heterocycles. The molecule has 2 atom stereocenters. The summed E-state index contributed by atoms with van der Waals surface area (Å²) in [4.78, 5) is 22.6. The molecule has 0 spiro atoms. The molecule has 0 radical (unpaired) electrons. The van der Waals surface area contributed by atoms with Crippen molar-refractivity contribution in [1.82, 2.24) is 0 Å². The molecule has 6 heteroatoms. The van der Waals surface area contributed by atoms with Crippen LogP contribution < -0.4 is 0 Å². The van der Waals surface area contributed by atoms with Gasteiger partial charge >= 0.3 is 12.1 Å². The monoisotopic (exact) mass is 272 g/mol. The van der Waals surface area contributed by atoms with E-state index in [0.717, 1.165) is 12.1 Å². The van der Waals surface area contributed by atoms with E-state index in [9.17, 15) is 22.8 Å². The van der Waals surface area contributed by atoms with Crippen LogP contribution in [0.4, 0.5) is 13.2 Å². The first-order valence-corrected chi connectivity index (χ1v) is 5.66. The summed E-state index contributed by atoms with van der Waals surface area (Å²) in [5.41, 5.74) is -0.629. The zero-order valence-corrected chi connectivity index (χ0v) is 10.0. The third kappa shape index (κ3) is 2.77. The molecule has 1 aliphatic rings. The highest BCUT2D eigenvalue weighted by Crippen LogP contribution is 2.38. The van der Waals surface area contributed by atoms with Gasteiger partial charge in [-0.1, -0.05) is 12.1 Å². The minimum Gasteiger partial charge on any atom is -0.457 e. The van der Waals surface area contributed by atoms with Gasteiger partial charge < -0.3 is 4.74 Å². The molecule has 1 aromatic rings. The number of hydrogen-bond donors (Lipinski definition) is 0. The fourth-order valence-electron chi connectivity index (χ4n) is 2.11. The predicted octanol–water partition coefficient (Wildman–Crippen LogP) is 2.90. The molecule has 0 N–H and O–H groups in total. The second kappa shape index (κ2) is 4.68. The van der Waals surface area contributed by atoms with Crippen LogP contribution in [0.25, 0.3) is 0 Å². The van der Waals surface area contributed by atoms with Crippen molar-refractivity contribution in [2.45, 2.75) is 25.6 Å². The summed E-state index contributed by atoms with van der Waals surface area (Å²) in [7, 11) is 0. The van der Waals surface area contributed by atoms with Crippen molar-refractivity contribution < 1.29 is 27.5 Å². The number of esters is 1. The number of benzene rings is 1. The van der Waals surface area contributed by atoms with E-state index >= 15 is 0 Å². The second-order valence-corrected chi connectivity index (χ2v) is 4.45. The minimum atomic E-state index is -4.47. The smallest absolute Gasteiger partial charge is 0.416 e. The number of cyclic esters (lactones) is 1. The molecular formula is C13H11F3O3. The molecule has 102 valence electrons. The topological polar surface area (TPSA) is 43.4 Å². The molecule has 0 amide bonds. The Hall–Kier alpha value is -1.85. The molecule has 19 heavy (non-hydrogen) atoms. The Balaban J connectivity index is 2.36. The summed E-state index contributed by atoms with van der Waals surface area (Å²) < 4.78 is 42.8. The fraction of sp³-hybridized carbons (Fsp3) is 0.385. The Kier molecular flexibility index (Phi) is 3.34. The van der Waals surface area contributed by atoms with Crippen molar-refractivity contribution >= 4 is 11.8 Å². The Bertz CT molecular complexity index is 522. The zero-order valence-electron chi connectivity index (χ0n) is 10.0. The lowest BCUT2D eigenvalue weighted by Crippen LogP contribution is -2.16. The summed E-state index contributed by atoms with van der Waals surface area (Å²) in [5, 5.41) is 0. The summed E-state index contributed by atoms with van der Waals surface area (Å²) in [6, 6.07) is 4.51. The predicted molar refractivity (Wildman–Crippen MR) is 59.1 cm³/mol. The maximum Gasteiger partial charge on any atom is 0.416 e. The lowest BCUT2D eigenvalue weighted by Gasteiger charge is -2.17. The van der Waals surface area contributed by atoms with Crippen LogP contribution in [0.5, 0.6) is 0 Å². The molecule has 1 aliphatic heterocycles. The van der Waals surface area contributed by atoms with Gasteiger partial charge in [0.05, 0.1) is 17.9 Å². The van der Waals surface area contributed by atoms with Gasteiger partial charge in [0, 0.05) is 0 Å². The van der Waals surface area contributed by atoms with Gasteiger partial charge in [0.2, 0.25) is 0 Å². The van der Waals surface area contributed by atoms with Crippen LogP contribution in [0.1, 0.15) is 30.6 Å². The SMILES string of the molecule is CC(=O)[C@H]1CC(=O)O[C@@H]1c1cccc(C(F)(F)F)c1. The van der Waals surface area contributed by atoms with Gasteiger partial charge in [0.15, 0.2) is 0 Å². The molecule has 0 bridgehead atoms. The van der Waals surface area contributed by atoms with E-state index in [1.54, 1.807) is 0 Å². The average Bonchev–Trinajstić information content (AvgIpc) is 2.71. The van der Waals surface area contributed by atoms with Crippen LogP contribution in [0.3, 0.4) is 0 Å². The maximum absolute atomic E-state index is 12.6. The maximum atomic E-state index is 12.6. The fourth-order valence-corrected chi connectivity index (χ4v) is 2.11. The first-order valence-electron chi connectivity index (χ1n) is 5.66. The normalized spacial score (nSPS) is 23.3. The summed E-state index contributed by atoms with van der Waals surface area (Å²) in [6.07, 6.45) is -5.48. The van der Waals surface area contributed by atoms with E-state index in [0.29, 0.717) is 0 Å². The number of ether oxygens (including phenoxy) is 1. The van der Waals surface area contributed by atoms with Gasteiger partial charge in [-0.2, -0.15) is 13.2 Å². The summed E-state index contributed by atoms with van der Waals surface area (Å²) in [6.45, 7) is 1.30. The van der Waals surface area contributed by atoms with Crippen molar-refractivity contribution in [3.8, 4) is 0 Å². The standard InChI is InChI=1S/C13H11F3O3/c1-7(17)10-6-11(18)19-12(10)8-3-2-4-9(5-8)13(14,15)16/h2-5,10,12H,6H2,1H3/t10-,12-/m1/s1. The third-order valence-corrected chi connectivity index (χ3v) is 3.08. The molecule has 0 aliphatic carbocycles. The van der Waals surface area contributed by atoms with Crippen molar-refractivity contribution in [1.29, 1.82) is 0 Å². The van der Waals surface area contributed by atoms with Gasteiger partial charge in [0.1, 0.15) is 11.9 Å². The van der Waals surface area contributed by atoms with Crippen LogP contribution in [-0.4, -0.2) is 11.8 Å². The van der Waals surface area contributed by atoms with E-state index in [-0.39, 0.29) is 17.8 Å². The number of halogens is 3. The highest BCUT2D eigenvalue weighted by atomic mass is 19.4. The molecule has 0 saturated carbocycles. The van der Waals surface area contributed by atoms with Crippen molar-refractivity contribution in [2.75, 3.05) is 0 Å². The lowest BCUT2D eigenvalue weighted by molar-refractivity contribution is -0.141. The first kappa shape index (κ1) is 13.6. The number of carbonyl (C=O) groups excluding carboxylic acids is 2. The van der Waals surface area contributed by atoms with E-state index in [1.165, 1.54) is 19.1 Å². The van der Waals surface area contributed by atoms with E-state index in [1.807, 2.05) is 0 Å². The molecule has 1 fully saturated rings. The first-order chi connectivity index (χ1) is 8.79. The average molecular weight is 272 g/mol. The van der Waals surface area contributed by atoms with E-state index in [4.69, 9.17) is 4.74 Å². The Morgan fingerprint density at radius 1 is 1.37 bits per heavy atom. The quantitative estimate of drug-likeness (QED) is 0.777. The molecule has 0 aromatic heterocycles.